The monoisotopic (exact) mass is 321 g/mol. The van der Waals surface area contributed by atoms with Gasteiger partial charge in [0.1, 0.15) is 18.5 Å². The van der Waals surface area contributed by atoms with Crippen LogP contribution < -0.4 is 10.1 Å². The molecular formula is C14H21Cl2NO3. The molecule has 0 saturated heterocycles. The first-order chi connectivity index (χ1) is 9.49. The zero-order valence-electron chi connectivity index (χ0n) is 11.5. The third-order valence-corrected chi connectivity index (χ3v) is 3.23. The van der Waals surface area contributed by atoms with E-state index in [-0.39, 0.29) is 12.7 Å². The highest BCUT2D eigenvalue weighted by molar-refractivity contribution is 6.34. The molecule has 4 nitrogen and oxygen atoms in total. The van der Waals surface area contributed by atoms with E-state index in [1.54, 1.807) is 25.1 Å². The molecule has 2 atom stereocenters. The average molecular weight is 322 g/mol. The van der Waals surface area contributed by atoms with Crippen molar-refractivity contribution in [1.29, 1.82) is 0 Å². The van der Waals surface area contributed by atoms with Crippen LogP contribution in [0.25, 0.3) is 0 Å². The maximum Gasteiger partial charge on any atom is 0.139 e. The molecule has 0 saturated carbocycles. The third-order valence-electron chi connectivity index (χ3n) is 2.68. The van der Waals surface area contributed by atoms with E-state index in [9.17, 15) is 5.11 Å². The van der Waals surface area contributed by atoms with Gasteiger partial charge in [0, 0.05) is 17.6 Å². The van der Waals surface area contributed by atoms with E-state index in [4.69, 9.17) is 33.0 Å². The Kier molecular flexibility index (Phi) is 8.26. The Morgan fingerprint density at radius 1 is 1.30 bits per heavy atom. The van der Waals surface area contributed by atoms with Gasteiger partial charge in [0.15, 0.2) is 0 Å². The number of halogens is 2. The van der Waals surface area contributed by atoms with Gasteiger partial charge in [-0.05, 0) is 38.4 Å². The standard InChI is InChI=1S/C14H21Cl2NO3/c1-10(18)3-2-6-17-8-12(19)9-20-14-7-11(15)4-5-13(14)16/h4-5,7,10,12,17-19H,2-3,6,8-9H2,1H3. The quantitative estimate of drug-likeness (QED) is 0.611. The highest BCUT2D eigenvalue weighted by atomic mass is 35.5. The maximum atomic E-state index is 9.77. The second kappa shape index (κ2) is 9.42. The summed E-state index contributed by atoms with van der Waals surface area (Å²) in [5, 5.41) is 23.0. The number of rotatable bonds is 9. The number of nitrogens with one attached hydrogen (secondary N) is 1. The fourth-order valence-electron chi connectivity index (χ4n) is 1.62. The Balaban J connectivity index is 2.19. The van der Waals surface area contributed by atoms with Gasteiger partial charge in [0.05, 0.1) is 11.1 Å². The zero-order valence-corrected chi connectivity index (χ0v) is 13.0. The average Bonchev–Trinajstić information content (AvgIpc) is 2.39. The van der Waals surface area contributed by atoms with Gasteiger partial charge in [-0.15, -0.1) is 0 Å². The summed E-state index contributed by atoms with van der Waals surface area (Å²) in [7, 11) is 0. The van der Waals surface area contributed by atoms with E-state index in [0.717, 1.165) is 19.4 Å². The topological polar surface area (TPSA) is 61.7 Å². The van der Waals surface area contributed by atoms with Gasteiger partial charge in [-0.25, -0.2) is 0 Å². The Morgan fingerprint density at radius 3 is 2.75 bits per heavy atom. The van der Waals surface area contributed by atoms with E-state index < -0.39 is 6.10 Å². The number of hydrogen-bond acceptors (Lipinski definition) is 4. The second-order valence-electron chi connectivity index (χ2n) is 4.73. The van der Waals surface area contributed by atoms with Crippen LogP contribution in [0.1, 0.15) is 19.8 Å². The van der Waals surface area contributed by atoms with Gasteiger partial charge in [-0.2, -0.15) is 0 Å². The van der Waals surface area contributed by atoms with Crippen LogP contribution in [0.5, 0.6) is 5.75 Å². The summed E-state index contributed by atoms with van der Waals surface area (Å²) in [5.41, 5.74) is 0. The van der Waals surface area contributed by atoms with Crippen LogP contribution in [0, 0.1) is 0 Å². The van der Waals surface area contributed by atoms with E-state index in [1.807, 2.05) is 0 Å². The molecule has 0 bridgehead atoms. The molecule has 0 fully saturated rings. The second-order valence-corrected chi connectivity index (χ2v) is 5.58. The molecule has 3 N–H and O–H groups in total. The first-order valence-electron chi connectivity index (χ1n) is 6.63. The molecule has 0 amide bonds. The predicted molar refractivity (Wildman–Crippen MR) is 81.7 cm³/mol. The lowest BCUT2D eigenvalue weighted by molar-refractivity contribution is 0.106. The minimum absolute atomic E-state index is 0.142. The fraction of sp³-hybridized carbons (Fsp3) is 0.571. The Bertz CT molecular complexity index is 402. The van der Waals surface area contributed by atoms with Crippen molar-refractivity contribution in [1.82, 2.24) is 5.32 Å². The zero-order chi connectivity index (χ0) is 15.0. The fourth-order valence-corrected chi connectivity index (χ4v) is 1.96. The number of ether oxygens (including phenoxy) is 1. The van der Waals surface area contributed by atoms with Gasteiger partial charge < -0.3 is 20.3 Å². The first kappa shape index (κ1) is 17.5. The van der Waals surface area contributed by atoms with Crippen LogP contribution in [-0.4, -0.2) is 42.1 Å². The molecule has 0 spiro atoms. The van der Waals surface area contributed by atoms with Crippen molar-refractivity contribution in [2.24, 2.45) is 0 Å². The van der Waals surface area contributed by atoms with Gasteiger partial charge in [-0.3, -0.25) is 0 Å². The van der Waals surface area contributed by atoms with Crippen molar-refractivity contribution >= 4 is 23.2 Å². The SMILES string of the molecule is CC(O)CCCNCC(O)COc1cc(Cl)ccc1Cl. The molecule has 0 radical (unpaired) electrons. The summed E-state index contributed by atoms with van der Waals surface area (Å²) in [6.45, 7) is 3.08. The number of benzene rings is 1. The van der Waals surface area contributed by atoms with Crippen LogP contribution in [0.15, 0.2) is 18.2 Å². The molecule has 0 heterocycles. The summed E-state index contributed by atoms with van der Waals surface area (Å²) in [4.78, 5) is 0. The summed E-state index contributed by atoms with van der Waals surface area (Å²) >= 11 is 11.8. The van der Waals surface area contributed by atoms with E-state index in [0.29, 0.717) is 22.3 Å². The van der Waals surface area contributed by atoms with Gasteiger partial charge in [-0.1, -0.05) is 23.2 Å². The molecule has 20 heavy (non-hydrogen) atoms. The van der Waals surface area contributed by atoms with Crippen molar-refractivity contribution < 1.29 is 14.9 Å². The lowest BCUT2D eigenvalue weighted by Crippen LogP contribution is -2.32. The predicted octanol–water partition coefficient (Wildman–Crippen LogP) is 2.48. The van der Waals surface area contributed by atoms with Crippen molar-refractivity contribution in [2.75, 3.05) is 19.7 Å². The van der Waals surface area contributed by atoms with Crippen molar-refractivity contribution in [3.8, 4) is 5.75 Å². The Labute approximate surface area is 129 Å². The van der Waals surface area contributed by atoms with Crippen LogP contribution in [0.3, 0.4) is 0 Å². The molecule has 0 aliphatic carbocycles. The third kappa shape index (κ3) is 7.31. The molecule has 1 aromatic carbocycles. The van der Waals surface area contributed by atoms with Crippen molar-refractivity contribution in [3.63, 3.8) is 0 Å². The molecule has 1 aromatic rings. The highest BCUT2D eigenvalue weighted by Crippen LogP contribution is 2.27. The van der Waals surface area contributed by atoms with Gasteiger partial charge >= 0.3 is 0 Å². The number of aliphatic hydroxyl groups is 2. The summed E-state index contributed by atoms with van der Waals surface area (Å²) < 4.78 is 5.43. The minimum Gasteiger partial charge on any atom is -0.489 e. The molecule has 0 aliphatic heterocycles. The summed E-state index contributed by atoms with van der Waals surface area (Å²) in [6.07, 6.45) is 0.704. The molecule has 1 rings (SSSR count). The number of hydrogen-bond donors (Lipinski definition) is 3. The van der Waals surface area contributed by atoms with Crippen molar-refractivity contribution in [2.45, 2.75) is 32.0 Å². The first-order valence-corrected chi connectivity index (χ1v) is 7.39. The van der Waals surface area contributed by atoms with Crippen LogP contribution in [-0.2, 0) is 0 Å². The van der Waals surface area contributed by atoms with E-state index in [1.165, 1.54) is 0 Å². The lowest BCUT2D eigenvalue weighted by atomic mass is 10.2. The van der Waals surface area contributed by atoms with Gasteiger partial charge in [0.25, 0.3) is 0 Å². The van der Waals surface area contributed by atoms with Gasteiger partial charge in [0.2, 0.25) is 0 Å². The lowest BCUT2D eigenvalue weighted by Gasteiger charge is -2.14. The molecular weight excluding hydrogens is 301 g/mol. The normalized spacial score (nSPS) is 14.1. The van der Waals surface area contributed by atoms with E-state index >= 15 is 0 Å². The van der Waals surface area contributed by atoms with Crippen LogP contribution in [0.4, 0.5) is 0 Å². The summed E-state index contributed by atoms with van der Waals surface area (Å²) in [6, 6.07) is 4.95. The molecule has 0 aromatic heterocycles. The Hall–Kier alpha value is -0.520. The summed E-state index contributed by atoms with van der Waals surface area (Å²) in [5.74, 6) is 0.465. The Morgan fingerprint density at radius 2 is 2.05 bits per heavy atom. The molecule has 6 heteroatoms. The molecule has 2 unspecified atom stereocenters. The molecule has 114 valence electrons. The maximum absolute atomic E-state index is 9.77. The minimum atomic E-state index is -0.628. The van der Waals surface area contributed by atoms with E-state index in [2.05, 4.69) is 5.32 Å². The van der Waals surface area contributed by atoms with Crippen LogP contribution >= 0.6 is 23.2 Å². The smallest absolute Gasteiger partial charge is 0.139 e. The largest absolute Gasteiger partial charge is 0.489 e. The highest BCUT2D eigenvalue weighted by Gasteiger charge is 2.08. The van der Waals surface area contributed by atoms with Crippen LogP contribution in [0.2, 0.25) is 10.0 Å². The van der Waals surface area contributed by atoms with Crippen molar-refractivity contribution in [3.05, 3.63) is 28.2 Å². The number of aliphatic hydroxyl groups excluding tert-OH is 2. The molecule has 0 aliphatic rings.